The minimum Gasteiger partial charge on any atom is -0.436 e. The summed E-state index contributed by atoms with van der Waals surface area (Å²) in [7, 11) is 7.66. The van der Waals surface area contributed by atoms with Gasteiger partial charge in [-0.3, -0.25) is 24.2 Å². The molecule has 4 heterocycles. The Labute approximate surface area is 338 Å². The van der Waals surface area contributed by atoms with E-state index in [-0.39, 0.29) is 35.7 Å². The largest absolute Gasteiger partial charge is 0.436 e. The number of imidazole rings is 1. The molecule has 8 rings (SSSR count). The molecule has 5 unspecified atom stereocenters. The van der Waals surface area contributed by atoms with E-state index in [1.807, 2.05) is 153 Å². The maximum atomic E-state index is 14.0. The van der Waals surface area contributed by atoms with Crippen LogP contribution in [0.15, 0.2) is 114 Å². The van der Waals surface area contributed by atoms with Crippen LogP contribution < -0.4 is 5.32 Å². The van der Waals surface area contributed by atoms with E-state index < -0.39 is 12.1 Å². The second-order valence-electron chi connectivity index (χ2n) is 15.9. The van der Waals surface area contributed by atoms with Gasteiger partial charge >= 0.3 is 0 Å². The highest BCUT2D eigenvalue weighted by Crippen LogP contribution is 2.36. The summed E-state index contributed by atoms with van der Waals surface area (Å²) in [5.74, 6) is 1.53. The first-order valence-electron chi connectivity index (χ1n) is 20.0. The van der Waals surface area contributed by atoms with Crippen LogP contribution in [-0.4, -0.2) is 99.6 Å². The van der Waals surface area contributed by atoms with Crippen molar-refractivity contribution in [2.24, 2.45) is 5.92 Å². The number of rotatable bonds is 11. The van der Waals surface area contributed by atoms with Gasteiger partial charge in [-0.25, -0.2) is 9.97 Å². The summed E-state index contributed by atoms with van der Waals surface area (Å²) in [5.41, 5.74) is 5.63. The van der Waals surface area contributed by atoms with Crippen LogP contribution in [0, 0.1) is 5.92 Å². The number of aromatic nitrogens is 3. The molecule has 5 atom stereocenters. The lowest BCUT2D eigenvalue weighted by Crippen LogP contribution is -2.49. The maximum absolute atomic E-state index is 14.0. The summed E-state index contributed by atoms with van der Waals surface area (Å²) >= 11 is 0. The first kappa shape index (κ1) is 38.7. The maximum Gasteiger partial charge on any atom is 0.247 e. The Morgan fingerprint density at radius 2 is 1.45 bits per heavy atom. The third-order valence-corrected chi connectivity index (χ3v) is 11.5. The lowest BCUT2D eigenvalue weighted by molar-refractivity contribution is -0.141. The van der Waals surface area contributed by atoms with Crippen molar-refractivity contribution in [3.05, 3.63) is 126 Å². The van der Waals surface area contributed by atoms with Crippen molar-refractivity contribution in [3.63, 3.8) is 0 Å². The molecule has 0 saturated carbocycles. The van der Waals surface area contributed by atoms with E-state index in [0.717, 1.165) is 58.4 Å². The minimum atomic E-state index is -0.599. The zero-order valence-electron chi connectivity index (χ0n) is 33.6. The Balaban J connectivity index is 0.971. The van der Waals surface area contributed by atoms with Gasteiger partial charge < -0.3 is 24.5 Å². The lowest BCUT2D eigenvalue weighted by atomic mass is 10.00. The topological polar surface area (TPSA) is 131 Å². The van der Waals surface area contributed by atoms with E-state index in [2.05, 4.69) is 15.3 Å². The van der Waals surface area contributed by atoms with E-state index in [0.29, 0.717) is 30.4 Å². The van der Waals surface area contributed by atoms with Crippen LogP contribution in [0.2, 0.25) is 0 Å². The standard InChI is InChI=1S/C46H50N8O4/c1-29-23-25-54(46(57)41(52(4)5)31-16-10-7-11-17-31)39(29)43(55)48-34-19-12-18-32(26-34)38-28-47-44(58-38)33-21-22-35-36(27-33)50-42(49-35)37-20-13-24-53(37)45(56)40(51(2)3)30-14-8-6-9-15-30/h6-12,14-19,21-22,26-29,37,39-41H,13,20,23-25H2,1-5H3,(H,48,55)(H,49,50). The molecule has 4 aromatic carbocycles. The van der Waals surface area contributed by atoms with Gasteiger partial charge in [0.2, 0.25) is 23.6 Å². The van der Waals surface area contributed by atoms with Gasteiger partial charge in [0.1, 0.15) is 23.9 Å². The molecule has 2 aliphatic rings. The number of oxazole rings is 1. The molecule has 0 radical (unpaired) electrons. The van der Waals surface area contributed by atoms with Gasteiger partial charge in [0.25, 0.3) is 0 Å². The van der Waals surface area contributed by atoms with Crippen molar-refractivity contribution >= 4 is 34.4 Å². The Kier molecular flexibility index (Phi) is 11.0. The number of carbonyl (C=O) groups is 3. The number of nitrogens with one attached hydrogen (secondary N) is 2. The predicted molar refractivity (Wildman–Crippen MR) is 224 cm³/mol. The number of hydrogen-bond donors (Lipinski definition) is 2. The van der Waals surface area contributed by atoms with E-state index in [1.165, 1.54) is 0 Å². The summed E-state index contributed by atoms with van der Waals surface area (Å²) in [5, 5.41) is 3.08. The Hall–Kier alpha value is -6.11. The first-order chi connectivity index (χ1) is 28.1. The number of anilines is 1. The van der Waals surface area contributed by atoms with E-state index in [9.17, 15) is 14.4 Å². The van der Waals surface area contributed by atoms with Crippen LogP contribution in [0.1, 0.15) is 61.3 Å². The second-order valence-corrected chi connectivity index (χ2v) is 15.9. The van der Waals surface area contributed by atoms with Gasteiger partial charge in [0.05, 0.1) is 23.3 Å². The fourth-order valence-corrected chi connectivity index (χ4v) is 8.64. The number of fused-ring (bicyclic) bond motifs is 1. The molecule has 298 valence electrons. The average Bonchev–Trinajstić information content (AvgIpc) is 4.05. The van der Waals surface area contributed by atoms with Crippen LogP contribution in [-0.2, 0) is 14.4 Å². The molecule has 0 spiro atoms. The SMILES string of the molecule is CC1CCN(C(=O)C(c2ccccc2)N(C)C)C1C(=O)Nc1cccc(-c2cnc(-c3ccc4nc(C5CCCN5C(=O)C(c5ccccc5)N(C)C)[nH]c4c3)o2)c1. The first-order valence-corrected chi connectivity index (χ1v) is 20.0. The molecule has 0 aliphatic carbocycles. The number of nitrogens with zero attached hydrogens (tertiary/aromatic N) is 6. The molecule has 12 nitrogen and oxygen atoms in total. The Bertz CT molecular complexity index is 2410. The minimum absolute atomic E-state index is 0.000467. The summed E-state index contributed by atoms with van der Waals surface area (Å²) in [6, 6.07) is 31.3. The summed E-state index contributed by atoms with van der Waals surface area (Å²) in [6.07, 6.45) is 4.16. The highest BCUT2D eigenvalue weighted by atomic mass is 16.4. The third-order valence-electron chi connectivity index (χ3n) is 11.5. The normalized spacial score (nSPS) is 19.3. The fraction of sp³-hybridized carbons (Fsp3) is 0.326. The smallest absolute Gasteiger partial charge is 0.247 e. The van der Waals surface area contributed by atoms with Crippen LogP contribution in [0.3, 0.4) is 0 Å². The highest BCUT2D eigenvalue weighted by molar-refractivity contribution is 5.99. The van der Waals surface area contributed by atoms with Gasteiger partial charge in [-0.1, -0.05) is 79.7 Å². The van der Waals surface area contributed by atoms with Gasteiger partial charge in [-0.05, 0) is 94.8 Å². The number of likely N-dealkylation sites (tertiary alicyclic amines) is 2. The average molecular weight is 779 g/mol. The van der Waals surface area contributed by atoms with Gasteiger partial charge in [0.15, 0.2) is 5.76 Å². The second kappa shape index (κ2) is 16.4. The molecule has 0 bridgehead atoms. The fourth-order valence-electron chi connectivity index (χ4n) is 8.64. The Morgan fingerprint density at radius 3 is 2.12 bits per heavy atom. The molecule has 2 saturated heterocycles. The quantitative estimate of drug-likeness (QED) is 0.140. The molecule has 6 aromatic rings. The number of benzene rings is 4. The van der Waals surface area contributed by atoms with Gasteiger partial charge in [0, 0.05) is 29.9 Å². The van der Waals surface area contributed by atoms with Crippen LogP contribution in [0.25, 0.3) is 33.8 Å². The van der Waals surface area contributed by atoms with E-state index in [4.69, 9.17) is 9.40 Å². The number of amides is 3. The lowest BCUT2D eigenvalue weighted by Gasteiger charge is -2.32. The van der Waals surface area contributed by atoms with Crippen molar-refractivity contribution in [1.82, 2.24) is 34.6 Å². The molecule has 2 fully saturated rings. The van der Waals surface area contributed by atoms with Crippen LogP contribution in [0.5, 0.6) is 0 Å². The molecule has 12 heteroatoms. The zero-order chi connectivity index (χ0) is 40.5. The van der Waals surface area contributed by atoms with Crippen LogP contribution >= 0.6 is 0 Å². The van der Waals surface area contributed by atoms with E-state index in [1.54, 1.807) is 11.1 Å². The number of carbonyl (C=O) groups excluding carboxylic acids is 3. The van der Waals surface area contributed by atoms with Crippen molar-refractivity contribution in [2.75, 3.05) is 46.6 Å². The predicted octanol–water partition coefficient (Wildman–Crippen LogP) is 7.33. The van der Waals surface area contributed by atoms with Crippen molar-refractivity contribution in [2.45, 2.75) is 50.4 Å². The molecule has 2 aliphatic heterocycles. The molecule has 2 aromatic heterocycles. The van der Waals surface area contributed by atoms with Crippen molar-refractivity contribution in [1.29, 1.82) is 0 Å². The summed E-state index contributed by atoms with van der Waals surface area (Å²) in [6.45, 7) is 3.22. The van der Waals surface area contributed by atoms with Gasteiger partial charge in [-0.15, -0.1) is 0 Å². The number of likely N-dealkylation sites (N-methyl/N-ethyl adjacent to an activating group) is 2. The molecule has 3 amide bonds. The summed E-state index contributed by atoms with van der Waals surface area (Å²) in [4.78, 5) is 62.5. The molecule has 2 N–H and O–H groups in total. The highest BCUT2D eigenvalue weighted by Gasteiger charge is 2.42. The van der Waals surface area contributed by atoms with E-state index >= 15 is 0 Å². The zero-order valence-corrected chi connectivity index (χ0v) is 33.6. The van der Waals surface area contributed by atoms with Crippen LogP contribution in [0.4, 0.5) is 5.69 Å². The Morgan fingerprint density at radius 1 is 0.776 bits per heavy atom. The monoisotopic (exact) mass is 778 g/mol. The number of hydrogen-bond acceptors (Lipinski definition) is 8. The van der Waals surface area contributed by atoms with Gasteiger partial charge in [-0.2, -0.15) is 0 Å². The van der Waals surface area contributed by atoms with Crippen molar-refractivity contribution < 1.29 is 18.8 Å². The summed E-state index contributed by atoms with van der Waals surface area (Å²) < 4.78 is 6.29. The molecular weight excluding hydrogens is 729 g/mol. The number of H-pyrrole nitrogens is 1. The third kappa shape index (κ3) is 7.65. The molecular formula is C46H50N8O4. The van der Waals surface area contributed by atoms with Crippen molar-refractivity contribution in [3.8, 4) is 22.8 Å². The molecule has 58 heavy (non-hydrogen) atoms. The number of aromatic amines is 1.